The molecule has 1 saturated heterocycles. The summed E-state index contributed by atoms with van der Waals surface area (Å²) in [6.45, 7) is 4.97. The zero-order chi connectivity index (χ0) is 14.1. The number of hydrogen-bond acceptors (Lipinski definition) is 4. The Hall–Kier alpha value is -1.26. The number of hydrogen-bond donors (Lipinski definition) is 0. The average Bonchev–Trinajstić information content (AvgIpc) is 2.51. The molecular weight excluding hydrogens is 210 g/mol. The van der Waals surface area contributed by atoms with Crippen molar-refractivity contribution in [2.75, 3.05) is 13.7 Å². The molecule has 16 heavy (non-hydrogen) atoms. The molecule has 1 aliphatic heterocycles. The second-order valence-corrected chi connectivity index (χ2v) is 4.60. The lowest BCUT2D eigenvalue weighted by Gasteiger charge is -2.27. The SMILES string of the molecule is [2H]C1([2H])C[C@@H](C(=O)OC)N(C(=O)OC(C)(C)C)C1. The van der Waals surface area contributed by atoms with E-state index in [9.17, 15) is 9.59 Å². The zero-order valence-corrected chi connectivity index (χ0v) is 10.1. The molecule has 5 heteroatoms. The van der Waals surface area contributed by atoms with E-state index >= 15 is 0 Å². The number of esters is 1. The van der Waals surface area contributed by atoms with Gasteiger partial charge < -0.3 is 9.47 Å². The number of amides is 1. The van der Waals surface area contributed by atoms with Gasteiger partial charge in [-0.1, -0.05) is 0 Å². The van der Waals surface area contributed by atoms with Crippen molar-refractivity contribution in [3.05, 3.63) is 0 Å². The molecule has 0 aromatic rings. The molecular formula is C11H19NO4. The Morgan fingerprint density at radius 1 is 1.44 bits per heavy atom. The molecule has 0 aromatic heterocycles. The van der Waals surface area contributed by atoms with Crippen LogP contribution in [-0.2, 0) is 14.3 Å². The van der Waals surface area contributed by atoms with Crippen molar-refractivity contribution < 1.29 is 21.8 Å². The predicted molar refractivity (Wildman–Crippen MR) is 58.0 cm³/mol. The minimum absolute atomic E-state index is 0.0705. The highest BCUT2D eigenvalue weighted by atomic mass is 16.6. The van der Waals surface area contributed by atoms with Crippen LogP contribution in [0.2, 0.25) is 0 Å². The summed E-state index contributed by atoms with van der Waals surface area (Å²) < 4.78 is 25.0. The molecule has 0 bridgehead atoms. The fourth-order valence-electron chi connectivity index (χ4n) is 1.40. The third kappa shape index (κ3) is 3.12. The number of likely N-dealkylation sites (tertiary alicyclic amines) is 1. The van der Waals surface area contributed by atoms with Crippen LogP contribution in [0.15, 0.2) is 0 Å². The van der Waals surface area contributed by atoms with Crippen LogP contribution in [0.5, 0.6) is 0 Å². The van der Waals surface area contributed by atoms with Crippen LogP contribution in [0.25, 0.3) is 0 Å². The van der Waals surface area contributed by atoms with Gasteiger partial charge in [-0.25, -0.2) is 9.59 Å². The highest BCUT2D eigenvalue weighted by Crippen LogP contribution is 2.21. The maximum Gasteiger partial charge on any atom is 0.411 e. The maximum absolute atomic E-state index is 11.9. The third-order valence-electron chi connectivity index (χ3n) is 2.10. The summed E-state index contributed by atoms with van der Waals surface area (Å²) >= 11 is 0. The summed E-state index contributed by atoms with van der Waals surface area (Å²) in [5.74, 6) is -0.623. The van der Waals surface area contributed by atoms with E-state index in [2.05, 4.69) is 4.74 Å². The van der Waals surface area contributed by atoms with E-state index in [0.717, 1.165) is 4.90 Å². The first kappa shape index (κ1) is 9.93. The van der Waals surface area contributed by atoms with Crippen molar-refractivity contribution in [1.82, 2.24) is 4.90 Å². The Balaban J connectivity index is 2.84. The van der Waals surface area contributed by atoms with Gasteiger partial charge in [0.15, 0.2) is 0 Å². The van der Waals surface area contributed by atoms with E-state index in [4.69, 9.17) is 7.48 Å². The highest BCUT2D eigenvalue weighted by molar-refractivity contribution is 5.82. The smallest absolute Gasteiger partial charge is 0.411 e. The van der Waals surface area contributed by atoms with Gasteiger partial charge in [-0.3, -0.25) is 4.90 Å². The van der Waals surface area contributed by atoms with Gasteiger partial charge in [0.2, 0.25) is 0 Å². The molecule has 0 spiro atoms. The molecule has 92 valence electrons. The van der Waals surface area contributed by atoms with E-state index in [1.54, 1.807) is 20.8 Å². The molecule has 0 N–H and O–H groups in total. The summed E-state index contributed by atoms with van der Waals surface area (Å²) in [5, 5.41) is 0. The number of ether oxygens (including phenoxy) is 2. The predicted octanol–water partition coefficient (Wildman–Crippen LogP) is 1.56. The van der Waals surface area contributed by atoms with E-state index < -0.39 is 30.1 Å². The number of methoxy groups -OCH3 is 1. The van der Waals surface area contributed by atoms with Crippen LogP contribution < -0.4 is 0 Å². The molecule has 5 nitrogen and oxygen atoms in total. The number of rotatable bonds is 1. The summed E-state index contributed by atoms with van der Waals surface area (Å²) in [6, 6.07) is -0.917. The molecule has 0 radical (unpaired) electrons. The molecule has 1 fully saturated rings. The van der Waals surface area contributed by atoms with Gasteiger partial charge in [0.05, 0.1) is 7.11 Å². The highest BCUT2D eigenvalue weighted by Gasteiger charge is 2.37. The van der Waals surface area contributed by atoms with Crippen molar-refractivity contribution in [2.24, 2.45) is 0 Å². The maximum atomic E-state index is 11.9. The molecule has 0 saturated carbocycles. The van der Waals surface area contributed by atoms with Crippen molar-refractivity contribution >= 4 is 12.1 Å². The minimum atomic E-state index is -1.60. The van der Waals surface area contributed by atoms with Gasteiger partial charge in [0, 0.05) is 9.29 Å². The monoisotopic (exact) mass is 231 g/mol. The molecule has 1 aliphatic rings. The molecule has 0 aliphatic carbocycles. The van der Waals surface area contributed by atoms with Crippen LogP contribution in [0, 0.1) is 0 Å². The Bertz CT molecular complexity index is 351. The van der Waals surface area contributed by atoms with Crippen molar-refractivity contribution in [3.8, 4) is 0 Å². The second kappa shape index (κ2) is 4.72. The Kier molecular flexibility index (Phi) is 2.93. The lowest BCUT2D eigenvalue weighted by atomic mass is 10.2. The van der Waals surface area contributed by atoms with Gasteiger partial charge in [-0.15, -0.1) is 0 Å². The first-order valence-electron chi connectivity index (χ1n) is 6.13. The van der Waals surface area contributed by atoms with Gasteiger partial charge in [-0.2, -0.15) is 0 Å². The lowest BCUT2D eigenvalue weighted by molar-refractivity contribution is -0.145. The lowest BCUT2D eigenvalue weighted by Crippen LogP contribution is -2.43. The van der Waals surface area contributed by atoms with Gasteiger partial charge in [-0.05, 0) is 33.6 Å². The van der Waals surface area contributed by atoms with Gasteiger partial charge in [0.25, 0.3) is 0 Å². The molecule has 1 rings (SSSR count). The Morgan fingerprint density at radius 2 is 2.06 bits per heavy atom. The van der Waals surface area contributed by atoms with E-state index in [0.29, 0.717) is 0 Å². The average molecular weight is 231 g/mol. The van der Waals surface area contributed by atoms with Crippen LogP contribution in [0.3, 0.4) is 0 Å². The molecule has 0 aromatic carbocycles. The van der Waals surface area contributed by atoms with Crippen LogP contribution in [0.4, 0.5) is 4.79 Å². The zero-order valence-electron chi connectivity index (χ0n) is 12.1. The van der Waals surface area contributed by atoms with Crippen LogP contribution in [-0.4, -0.2) is 42.3 Å². The Morgan fingerprint density at radius 3 is 2.56 bits per heavy atom. The van der Waals surface area contributed by atoms with Crippen LogP contribution >= 0.6 is 0 Å². The largest absolute Gasteiger partial charge is 0.467 e. The topological polar surface area (TPSA) is 55.8 Å². The summed E-state index contributed by atoms with van der Waals surface area (Å²) in [6.07, 6.45) is -2.37. The van der Waals surface area contributed by atoms with E-state index in [1.807, 2.05) is 0 Å². The fraction of sp³-hybridized carbons (Fsp3) is 0.818. The van der Waals surface area contributed by atoms with Crippen molar-refractivity contribution in [2.45, 2.75) is 45.2 Å². The fourth-order valence-corrected chi connectivity index (χ4v) is 1.40. The first-order valence-corrected chi connectivity index (χ1v) is 5.13. The quantitative estimate of drug-likeness (QED) is 0.643. The van der Waals surface area contributed by atoms with Gasteiger partial charge >= 0.3 is 12.1 Å². The summed E-state index contributed by atoms with van der Waals surface area (Å²) in [5.41, 5.74) is -0.687. The van der Waals surface area contributed by atoms with E-state index in [1.165, 1.54) is 7.11 Å². The van der Waals surface area contributed by atoms with Crippen LogP contribution in [0.1, 0.15) is 36.3 Å². The Labute approximate surface area is 98.5 Å². The first-order chi connectivity index (χ1) is 8.06. The normalized spacial score (nSPS) is 25.8. The van der Waals surface area contributed by atoms with Gasteiger partial charge in [0.1, 0.15) is 11.6 Å². The number of carbonyl (C=O) groups excluding carboxylic acids is 2. The molecule has 1 atom stereocenters. The number of nitrogens with zero attached hydrogens (tertiary/aromatic N) is 1. The summed E-state index contributed by atoms with van der Waals surface area (Å²) in [7, 11) is 1.21. The second-order valence-electron chi connectivity index (χ2n) is 4.60. The molecule has 1 amide bonds. The summed E-state index contributed by atoms with van der Waals surface area (Å²) in [4.78, 5) is 24.5. The third-order valence-corrected chi connectivity index (χ3v) is 2.10. The standard InChI is InChI=1S/C11H19NO4/c1-11(2,3)16-10(14)12-7-5-6-8(12)9(13)15-4/h8H,5-7H2,1-4H3/t8-/m0/s1/i5D2. The molecule has 0 unspecified atom stereocenters. The van der Waals surface area contributed by atoms with Crippen molar-refractivity contribution in [3.63, 3.8) is 0 Å². The minimum Gasteiger partial charge on any atom is -0.467 e. The number of carbonyl (C=O) groups is 2. The van der Waals surface area contributed by atoms with Crippen molar-refractivity contribution in [1.29, 1.82) is 0 Å². The van der Waals surface area contributed by atoms with E-state index in [-0.39, 0.29) is 13.0 Å². The molecule has 1 heterocycles.